The Hall–Kier alpha value is -1.42. The fourth-order valence-corrected chi connectivity index (χ4v) is 3.71. The Kier molecular flexibility index (Phi) is 3.52. The molecule has 3 heterocycles. The highest BCUT2D eigenvalue weighted by atomic mass is 15.2. The van der Waals surface area contributed by atoms with Gasteiger partial charge in [0.05, 0.1) is 11.7 Å². The topological polar surface area (TPSA) is 42.7 Å². The minimum Gasteiger partial charge on any atom is -0.322 e. The van der Waals surface area contributed by atoms with Crippen LogP contribution >= 0.6 is 0 Å². The molecule has 0 bridgehead atoms. The van der Waals surface area contributed by atoms with E-state index in [0.29, 0.717) is 0 Å². The van der Waals surface area contributed by atoms with Crippen LogP contribution in [0.4, 0.5) is 0 Å². The zero-order valence-corrected chi connectivity index (χ0v) is 13.6. The molecule has 114 valence electrons. The van der Waals surface area contributed by atoms with Gasteiger partial charge in [-0.2, -0.15) is 0 Å². The van der Waals surface area contributed by atoms with E-state index in [0.717, 1.165) is 18.6 Å². The largest absolute Gasteiger partial charge is 0.322 e. The van der Waals surface area contributed by atoms with Crippen molar-refractivity contribution >= 4 is 11.0 Å². The van der Waals surface area contributed by atoms with E-state index in [1.54, 1.807) is 0 Å². The van der Waals surface area contributed by atoms with Crippen LogP contribution < -0.4 is 5.32 Å². The van der Waals surface area contributed by atoms with E-state index in [9.17, 15) is 0 Å². The molecule has 0 amide bonds. The summed E-state index contributed by atoms with van der Waals surface area (Å²) in [6, 6.07) is 2.10. The van der Waals surface area contributed by atoms with Crippen LogP contribution in [0.2, 0.25) is 0 Å². The summed E-state index contributed by atoms with van der Waals surface area (Å²) in [4.78, 5) is 9.27. The molecule has 0 saturated carbocycles. The van der Waals surface area contributed by atoms with Crippen LogP contribution in [-0.4, -0.2) is 27.6 Å². The highest BCUT2D eigenvalue weighted by molar-refractivity contribution is 5.75. The first-order valence-electron chi connectivity index (χ1n) is 8.02. The number of nitrogens with zero attached hydrogens (tertiary/aromatic N) is 3. The number of fused-ring (bicyclic) bond motifs is 1. The standard InChI is InChI=1S/C17H26N4/c1-5-7-17(8-10-19-12-17)15-20-13-11-18-9-6-14(13)21(15)16(2,3)4/h6,9,11,19H,5,7-8,10,12H2,1-4H3. The van der Waals surface area contributed by atoms with Crippen molar-refractivity contribution in [2.75, 3.05) is 13.1 Å². The summed E-state index contributed by atoms with van der Waals surface area (Å²) >= 11 is 0. The van der Waals surface area contributed by atoms with Crippen LogP contribution in [-0.2, 0) is 11.0 Å². The van der Waals surface area contributed by atoms with Crippen molar-refractivity contribution in [2.24, 2.45) is 0 Å². The number of hydrogen-bond acceptors (Lipinski definition) is 3. The lowest BCUT2D eigenvalue weighted by Crippen LogP contribution is -2.36. The van der Waals surface area contributed by atoms with Gasteiger partial charge in [0.1, 0.15) is 11.3 Å². The van der Waals surface area contributed by atoms with Gasteiger partial charge in [0.2, 0.25) is 0 Å². The maximum absolute atomic E-state index is 5.01. The summed E-state index contributed by atoms with van der Waals surface area (Å²) < 4.78 is 2.44. The predicted molar refractivity (Wildman–Crippen MR) is 86.6 cm³/mol. The molecule has 0 aliphatic carbocycles. The van der Waals surface area contributed by atoms with E-state index < -0.39 is 0 Å². The lowest BCUT2D eigenvalue weighted by Gasteiger charge is -2.33. The molecule has 3 rings (SSSR count). The van der Waals surface area contributed by atoms with Crippen molar-refractivity contribution in [3.05, 3.63) is 24.3 Å². The van der Waals surface area contributed by atoms with Gasteiger partial charge in [0.25, 0.3) is 0 Å². The number of rotatable bonds is 3. The van der Waals surface area contributed by atoms with Crippen LogP contribution in [0.5, 0.6) is 0 Å². The van der Waals surface area contributed by atoms with E-state index >= 15 is 0 Å². The number of hydrogen-bond donors (Lipinski definition) is 1. The van der Waals surface area contributed by atoms with Crippen molar-refractivity contribution in [1.82, 2.24) is 19.9 Å². The fraction of sp³-hybridized carbons (Fsp3) is 0.647. The molecule has 2 aromatic heterocycles. The van der Waals surface area contributed by atoms with Crippen molar-refractivity contribution < 1.29 is 0 Å². The molecule has 1 aliphatic rings. The van der Waals surface area contributed by atoms with Gasteiger partial charge in [0, 0.05) is 23.7 Å². The first kappa shape index (κ1) is 14.5. The van der Waals surface area contributed by atoms with Crippen LogP contribution in [0.25, 0.3) is 11.0 Å². The first-order chi connectivity index (χ1) is 9.98. The average molecular weight is 286 g/mol. The lowest BCUT2D eigenvalue weighted by molar-refractivity contribution is 0.326. The molecule has 1 fully saturated rings. The molecule has 0 aromatic carbocycles. The minimum absolute atomic E-state index is 0.0226. The number of pyridine rings is 1. The Balaban J connectivity index is 2.26. The molecule has 1 aliphatic heterocycles. The molecule has 1 unspecified atom stereocenters. The third-order valence-electron chi connectivity index (χ3n) is 4.57. The van der Waals surface area contributed by atoms with E-state index in [2.05, 4.69) is 48.6 Å². The van der Waals surface area contributed by atoms with Crippen molar-refractivity contribution in [1.29, 1.82) is 0 Å². The van der Waals surface area contributed by atoms with E-state index in [1.165, 1.54) is 30.6 Å². The van der Waals surface area contributed by atoms with E-state index in [1.807, 2.05) is 12.4 Å². The normalized spacial score (nSPS) is 23.0. The highest BCUT2D eigenvalue weighted by Gasteiger charge is 2.41. The van der Waals surface area contributed by atoms with Crippen LogP contribution in [0, 0.1) is 0 Å². The number of aromatic nitrogens is 3. The Morgan fingerprint density at radius 3 is 2.81 bits per heavy atom. The van der Waals surface area contributed by atoms with Gasteiger partial charge in [-0.15, -0.1) is 0 Å². The van der Waals surface area contributed by atoms with Gasteiger partial charge in [-0.3, -0.25) is 4.98 Å². The Morgan fingerprint density at radius 2 is 2.19 bits per heavy atom. The second-order valence-electron chi connectivity index (χ2n) is 7.26. The molecule has 0 spiro atoms. The highest BCUT2D eigenvalue weighted by Crippen LogP contribution is 2.39. The lowest BCUT2D eigenvalue weighted by atomic mass is 9.81. The monoisotopic (exact) mass is 286 g/mol. The molecule has 1 atom stereocenters. The average Bonchev–Trinajstić information content (AvgIpc) is 3.02. The zero-order chi connectivity index (χ0) is 15.1. The van der Waals surface area contributed by atoms with Crippen molar-refractivity contribution in [3.8, 4) is 0 Å². The Labute approximate surface area is 127 Å². The molecule has 1 N–H and O–H groups in total. The van der Waals surface area contributed by atoms with Crippen molar-refractivity contribution in [2.45, 2.75) is 57.9 Å². The number of nitrogens with one attached hydrogen (secondary N) is 1. The van der Waals surface area contributed by atoms with E-state index in [-0.39, 0.29) is 11.0 Å². The summed E-state index contributed by atoms with van der Waals surface area (Å²) in [5, 5.41) is 3.55. The van der Waals surface area contributed by atoms with Gasteiger partial charge in [-0.25, -0.2) is 4.98 Å². The fourth-order valence-electron chi connectivity index (χ4n) is 3.71. The SMILES string of the molecule is CCCC1(c2nc3cnccc3n2C(C)(C)C)CCNC1. The molecular weight excluding hydrogens is 260 g/mol. The second-order valence-corrected chi connectivity index (χ2v) is 7.26. The minimum atomic E-state index is 0.0226. The van der Waals surface area contributed by atoms with Crippen molar-refractivity contribution in [3.63, 3.8) is 0 Å². The zero-order valence-electron chi connectivity index (χ0n) is 13.6. The molecule has 0 radical (unpaired) electrons. The third-order valence-corrected chi connectivity index (χ3v) is 4.57. The molecular formula is C17H26N4. The summed E-state index contributed by atoms with van der Waals surface area (Å²) in [5.74, 6) is 1.24. The van der Waals surface area contributed by atoms with E-state index in [4.69, 9.17) is 4.98 Å². The molecule has 4 nitrogen and oxygen atoms in total. The molecule has 4 heteroatoms. The molecule has 21 heavy (non-hydrogen) atoms. The summed E-state index contributed by atoms with van der Waals surface area (Å²) in [6.45, 7) is 11.2. The Bertz CT molecular complexity index is 630. The van der Waals surface area contributed by atoms with Crippen LogP contribution in [0.3, 0.4) is 0 Å². The maximum Gasteiger partial charge on any atom is 0.118 e. The van der Waals surface area contributed by atoms with Crippen LogP contribution in [0.15, 0.2) is 18.5 Å². The van der Waals surface area contributed by atoms with Crippen LogP contribution in [0.1, 0.15) is 52.8 Å². The maximum atomic E-state index is 5.01. The predicted octanol–water partition coefficient (Wildman–Crippen LogP) is 3.22. The smallest absolute Gasteiger partial charge is 0.118 e. The van der Waals surface area contributed by atoms with Gasteiger partial charge in [-0.1, -0.05) is 13.3 Å². The number of imidazole rings is 1. The Morgan fingerprint density at radius 1 is 1.38 bits per heavy atom. The summed E-state index contributed by atoms with van der Waals surface area (Å²) in [7, 11) is 0. The van der Waals surface area contributed by atoms with Gasteiger partial charge in [-0.05, 0) is 46.2 Å². The molecule has 1 saturated heterocycles. The van der Waals surface area contributed by atoms with Gasteiger partial charge >= 0.3 is 0 Å². The second kappa shape index (κ2) is 5.09. The first-order valence-corrected chi connectivity index (χ1v) is 8.02. The van der Waals surface area contributed by atoms with Gasteiger partial charge in [0.15, 0.2) is 0 Å². The van der Waals surface area contributed by atoms with Gasteiger partial charge < -0.3 is 9.88 Å². The summed E-state index contributed by atoms with van der Waals surface area (Å²) in [6.07, 6.45) is 7.31. The summed E-state index contributed by atoms with van der Waals surface area (Å²) in [5.41, 5.74) is 2.41. The third kappa shape index (κ3) is 2.35. The quantitative estimate of drug-likeness (QED) is 0.942. The molecule has 2 aromatic rings.